The van der Waals surface area contributed by atoms with Gasteiger partial charge in [0.05, 0.1) is 19.6 Å². The molecule has 1 aromatic rings. The summed E-state index contributed by atoms with van der Waals surface area (Å²) >= 11 is 0. The first kappa shape index (κ1) is 22.3. The average molecular weight is 384 g/mol. The number of methoxy groups -OCH3 is 1. The molecule has 1 heterocycles. The zero-order chi connectivity index (χ0) is 18.4. The van der Waals surface area contributed by atoms with E-state index in [1.807, 2.05) is 43.0 Å². The van der Waals surface area contributed by atoms with Crippen molar-refractivity contribution in [2.24, 2.45) is 11.7 Å². The first-order chi connectivity index (χ1) is 12.0. The third-order valence-corrected chi connectivity index (χ3v) is 4.98. The van der Waals surface area contributed by atoms with Gasteiger partial charge in [0.2, 0.25) is 11.8 Å². The lowest BCUT2D eigenvalue weighted by Gasteiger charge is -2.36. The van der Waals surface area contributed by atoms with E-state index in [4.69, 9.17) is 10.5 Å². The third-order valence-electron chi connectivity index (χ3n) is 4.98. The summed E-state index contributed by atoms with van der Waals surface area (Å²) in [6, 6.07) is 7.09. The number of ether oxygens (including phenoxy) is 1. The maximum absolute atomic E-state index is 12.5. The zero-order valence-corrected chi connectivity index (χ0v) is 16.6. The van der Waals surface area contributed by atoms with Gasteiger partial charge in [0, 0.05) is 26.2 Å². The lowest BCUT2D eigenvalue weighted by molar-refractivity contribution is -0.140. The van der Waals surface area contributed by atoms with E-state index in [2.05, 4.69) is 0 Å². The fraction of sp³-hybridized carbons (Fsp3) is 0.579. The van der Waals surface area contributed by atoms with E-state index < -0.39 is 6.04 Å². The Morgan fingerprint density at radius 2 is 1.81 bits per heavy atom. The fourth-order valence-electron chi connectivity index (χ4n) is 2.95. The molecule has 1 aliphatic heterocycles. The number of hydrogen-bond acceptors (Lipinski definition) is 4. The van der Waals surface area contributed by atoms with Crippen LogP contribution in [0.25, 0.3) is 0 Å². The number of piperazine rings is 1. The molecule has 1 aliphatic rings. The highest BCUT2D eigenvalue weighted by atomic mass is 35.5. The van der Waals surface area contributed by atoms with Crippen LogP contribution in [0.3, 0.4) is 0 Å². The standard InChI is InChI=1S/C19H29N3O3.ClH/c1-4-14(2)18(20)19(24)22-10-8-21(9-11-22)17(23)13-15-6-5-7-16(12-15)25-3;/h5-7,12,14,18H,4,8-11,13,20H2,1-3H3;1H. The van der Waals surface area contributed by atoms with Crippen molar-refractivity contribution in [3.05, 3.63) is 29.8 Å². The SMILES string of the molecule is CCC(C)C(N)C(=O)N1CCN(C(=O)Cc2cccc(OC)c2)CC1.Cl. The lowest BCUT2D eigenvalue weighted by atomic mass is 9.98. The molecule has 7 heteroatoms. The number of carbonyl (C=O) groups is 2. The molecule has 0 bridgehead atoms. The summed E-state index contributed by atoms with van der Waals surface area (Å²) in [5, 5.41) is 0. The minimum atomic E-state index is -0.455. The Labute approximate surface area is 162 Å². The van der Waals surface area contributed by atoms with Crippen molar-refractivity contribution < 1.29 is 14.3 Å². The van der Waals surface area contributed by atoms with Crippen LogP contribution in [-0.2, 0) is 16.0 Å². The van der Waals surface area contributed by atoms with E-state index >= 15 is 0 Å². The molecule has 2 amide bonds. The fourth-order valence-corrected chi connectivity index (χ4v) is 2.95. The Balaban J connectivity index is 0.00000338. The number of nitrogens with zero attached hydrogens (tertiary/aromatic N) is 2. The number of halogens is 1. The first-order valence-electron chi connectivity index (χ1n) is 8.91. The molecule has 2 atom stereocenters. The van der Waals surface area contributed by atoms with E-state index in [0.29, 0.717) is 32.6 Å². The summed E-state index contributed by atoms with van der Waals surface area (Å²) in [7, 11) is 1.61. The predicted molar refractivity (Wildman–Crippen MR) is 105 cm³/mol. The lowest BCUT2D eigenvalue weighted by Crippen LogP contribution is -2.55. The van der Waals surface area contributed by atoms with Crippen LogP contribution in [-0.4, -0.2) is 60.9 Å². The Kier molecular flexibility index (Phi) is 8.88. The molecule has 0 radical (unpaired) electrons. The van der Waals surface area contributed by atoms with Crippen LogP contribution in [0.4, 0.5) is 0 Å². The molecule has 2 N–H and O–H groups in total. The Hall–Kier alpha value is -1.79. The van der Waals surface area contributed by atoms with E-state index in [1.54, 1.807) is 12.0 Å². The predicted octanol–water partition coefficient (Wildman–Crippen LogP) is 1.70. The summed E-state index contributed by atoms with van der Waals surface area (Å²) < 4.78 is 5.19. The Bertz CT molecular complexity index is 603. The van der Waals surface area contributed by atoms with E-state index in [0.717, 1.165) is 17.7 Å². The summed E-state index contributed by atoms with van der Waals surface area (Å²) in [6.07, 6.45) is 1.23. The molecule has 1 aromatic carbocycles. The van der Waals surface area contributed by atoms with Crippen LogP contribution in [0.15, 0.2) is 24.3 Å². The van der Waals surface area contributed by atoms with Crippen molar-refractivity contribution in [1.29, 1.82) is 0 Å². The highest BCUT2D eigenvalue weighted by molar-refractivity contribution is 5.85. The average Bonchev–Trinajstić information content (AvgIpc) is 2.66. The molecule has 2 unspecified atom stereocenters. The molecule has 0 saturated carbocycles. The maximum atomic E-state index is 12.5. The molecule has 146 valence electrons. The quantitative estimate of drug-likeness (QED) is 0.811. The number of nitrogens with two attached hydrogens (primary N) is 1. The molecule has 6 nitrogen and oxygen atoms in total. The number of rotatable bonds is 6. The second-order valence-electron chi connectivity index (χ2n) is 6.65. The monoisotopic (exact) mass is 383 g/mol. The van der Waals surface area contributed by atoms with Gasteiger partial charge in [-0.3, -0.25) is 9.59 Å². The summed E-state index contributed by atoms with van der Waals surface area (Å²) in [5.74, 6) is 0.987. The smallest absolute Gasteiger partial charge is 0.239 e. The number of benzene rings is 1. The van der Waals surface area contributed by atoms with Gasteiger partial charge in [0.15, 0.2) is 0 Å². The Morgan fingerprint density at radius 1 is 1.19 bits per heavy atom. The maximum Gasteiger partial charge on any atom is 0.239 e. The highest BCUT2D eigenvalue weighted by Crippen LogP contribution is 2.15. The van der Waals surface area contributed by atoms with Crippen LogP contribution < -0.4 is 10.5 Å². The van der Waals surface area contributed by atoms with Crippen molar-refractivity contribution in [1.82, 2.24) is 9.80 Å². The van der Waals surface area contributed by atoms with Gasteiger partial charge in [-0.05, 0) is 23.6 Å². The highest BCUT2D eigenvalue weighted by Gasteiger charge is 2.29. The van der Waals surface area contributed by atoms with Crippen LogP contribution in [0, 0.1) is 5.92 Å². The van der Waals surface area contributed by atoms with Gasteiger partial charge in [0.1, 0.15) is 5.75 Å². The van der Waals surface area contributed by atoms with Gasteiger partial charge in [-0.1, -0.05) is 32.4 Å². The van der Waals surface area contributed by atoms with Crippen LogP contribution in [0.2, 0.25) is 0 Å². The molecular weight excluding hydrogens is 354 g/mol. The van der Waals surface area contributed by atoms with Gasteiger partial charge in [-0.15, -0.1) is 12.4 Å². The van der Waals surface area contributed by atoms with Crippen molar-refractivity contribution in [2.75, 3.05) is 33.3 Å². The second kappa shape index (κ2) is 10.4. The number of hydrogen-bond donors (Lipinski definition) is 1. The molecule has 26 heavy (non-hydrogen) atoms. The molecule has 2 rings (SSSR count). The van der Waals surface area contributed by atoms with E-state index in [-0.39, 0.29) is 30.1 Å². The molecule has 0 aliphatic carbocycles. The Morgan fingerprint density at radius 3 is 2.38 bits per heavy atom. The molecule has 0 spiro atoms. The summed E-state index contributed by atoms with van der Waals surface area (Å²) in [4.78, 5) is 28.5. The summed E-state index contributed by atoms with van der Waals surface area (Å²) in [6.45, 7) is 6.24. The molecule has 1 fully saturated rings. The van der Waals surface area contributed by atoms with Crippen molar-refractivity contribution in [3.8, 4) is 5.75 Å². The van der Waals surface area contributed by atoms with Crippen LogP contribution in [0.1, 0.15) is 25.8 Å². The molecular formula is C19H30ClN3O3. The van der Waals surface area contributed by atoms with E-state index in [9.17, 15) is 9.59 Å². The van der Waals surface area contributed by atoms with Crippen molar-refractivity contribution in [3.63, 3.8) is 0 Å². The second-order valence-corrected chi connectivity index (χ2v) is 6.65. The number of amides is 2. The van der Waals surface area contributed by atoms with Gasteiger partial charge in [-0.25, -0.2) is 0 Å². The largest absolute Gasteiger partial charge is 0.497 e. The molecule has 1 saturated heterocycles. The third kappa shape index (κ3) is 5.61. The first-order valence-corrected chi connectivity index (χ1v) is 8.91. The zero-order valence-electron chi connectivity index (χ0n) is 15.8. The topological polar surface area (TPSA) is 75.9 Å². The normalized spacial score (nSPS) is 16.5. The van der Waals surface area contributed by atoms with Crippen molar-refractivity contribution >= 4 is 24.2 Å². The number of carbonyl (C=O) groups excluding carboxylic acids is 2. The van der Waals surface area contributed by atoms with Gasteiger partial charge in [-0.2, -0.15) is 0 Å². The van der Waals surface area contributed by atoms with Crippen LogP contribution in [0.5, 0.6) is 5.75 Å². The van der Waals surface area contributed by atoms with Gasteiger partial charge >= 0.3 is 0 Å². The minimum absolute atomic E-state index is 0. The van der Waals surface area contributed by atoms with Gasteiger partial charge < -0.3 is 20.3 Å². The molecule has 0 aromatic heterocycles. The van der Waals surface area contributed by atoms with Crippen molar-refractivity contribution in [2.45, 2.75) is 32.7 Å². The minimum Gasteiger partial charge on any atom is -0.497 e. The summed E-state index contributed by atoms with van der Waals surface area (Å²) in [5.41, 5.74) is 6.97. The van der Waals surface area contributed by atoms with E-state index in [1.165, 1.54) is 0 Å². The van der Waals surface area contributed by atoms with Crippen LogP contribution >= 0.6 is 12.4 Å². The van der Waals surface area contributed by atoms with Gasteiger partial charge in [0.25, 0.3) is 0 Å².